The maximum Gasteiger partial charge on any atom is 0.408 e. The van der Waals surface area contributed by atoms with Crippen molar-refractivity contribution in [3.8, 4) is 0 Å². The summed E-state index contributed by atoms with van der Waals surface area (Å²) in [5.41, 5.74) is 0.504. The molecule has 0 atom stereocenters. The number of anilines is 2. The molecule has 0 radical (unpaired) electrons. The highest BCUT2D eigenvalue weighted by molar-refractivity contribution is 5.99. The van der Waals surface area contributed by atoms with Gasteiger partial charge in [-0.05, 0) is 51.1 Å². The number of benzene rings is 1. The highest BCUT2D eigenvalue weighted by atomic mass is 16.6. The first kappa shape index (κ1) is 18.2. The third-order valence-electron chi connectivity index (χ3n) is 2.41. The largest absolute Gasteiger partial charge is 0.444 e. The van der Waals surface area contributed by atoms with Gasteiger partial charge < -0.3 is 20.7 Å². The van der Waals surface area contributed by atoms with Gasteiger partial charge in [-0.1, -0.05) is 6.58 Å². The Morgan fingerprint density at radius 2 is 1.61 bits per heavy atom. The average molecular weight is 319 g/mol. The van der Waals surface area contributed by atoms with Gasteiger partial charge in [0.15, 0.2) is 0 Å². The second-order valence-corrected chi connectivity index (χ2v) is 5.67. The lowest BCUT2D eigenvalue weighted by atomic mass is 10.2. The van der Waals surface area contributed by atoms with Gasteiger partial charge in [0.2, 0.25) is 11.8 Å². The number of carbonyl (C=O) groups is 3. The number of carbonyl (C=O) groups excluding carboxylic acids is 3. The van der Waals surface area contributed by atoms with Crippen molar-refractivity contribution < 1.29 is 19.1 Å². The van der Waals surface area contributed by atoms with Crippen molar-refractivity contribution >= 4 is 29.3 Å². The van der Waals surface area contributed by atoms with Crippen LogP contribution in [0.5, 0.6) is 0 Å². The summed E-state index contributed by atoms with van der Waals surface area (Å²) in [7, 11) is 0. The maximum atomic E-state index is 11.7. The maximum absolute atomic E-state index is 11.7. The van der Waals surface area contributed by atoms with Gasteiger partial charge in [0.1, 0.15) is 12.1 Å². The molecule has 23 heavy (non-hydrogen) atoms. The van der Waals surface area contributed by atoms with Crippen molar-refractivity contribution in [3.05, 3.63) is 36.9 Å². The van der Waals surface area contributed by atoms with E-state index < -0.39 is 17.6 Å². The Balaban J connectivity index is 2.44. The molecule has 1 rings (SSSR count). The van der Waals surface area contributed by atoms with Gasteiger partial charge in [0.05, 0.1) is 0 Å². The van der Waals surface area contributed by atoms with Crippen molar-refractivity contribution in [2.45, 2.75) is 26.4 Å². The van der Waals surface area contributed by atoms with Gasteiger partial charge in [-0.15, -0.1) is 0 Å². The van der Waals surface area contributed by atoms with Crippen LogP contribution in [0.4, 0.5) is 16.2 Å². The third kappa shape index (κ3) is 7.66. The minimum Gasteiger partial charge on any atom is -0.444 e. The topological polar surface area (TPSA) is 96.5 Å². The van der Waals surface area contributed by atoms with E-state index in [1.165, 1.54) is 0 Å². The Labute approximate surface area is 135 Å². The Morgan fingerprint density at radius 1 is 1.09 bits per heavy atom. The first-order valence-corrected chi connectivity index (χ1v) is 7.00. The molecule has 1 aromatic carbocycles. The first-order chi connectivity index (χ1) is 10.7. The molecule has 0 heterocycles. The molecule has 0 bridgehead atoms. The first-order valence-electron chi connectivity index (χ1n) is 7.00. The van der Waals surface area contributed by atoms with E-state index in [1.807, 2.05) is 0 Å². The second kappa shape index (κ2) is 7.98. The Morgan fingerprint density at radius 3 is 2.09 bits per heavy atom. The normalized spacial score (nSPS) is 10.4. The third-order valence-corrected chi connectivity index (χ3v) is 2.41. The van der Waals surface area contributed by atoms with Crippen molar-refractivity contribution in [2.24, 2.45) is 0 Å². The zero-order valence-corrected chi connectivity index (χ0v) is 13.4. The van der Waals surface area contributed by atoms with Gasteiger partial charge in [-0.3, -0.25) is 9.59 Å². The van der Waals surface area contributed by atoms with Crippen molar-refractivity contribution in [3.63, 3.8) is 0 Å². The lowest BCUT2D eigenvalue weighted by molar-refractivity contribution is -0.115. The Hall–Kier alpha value is -2.83. The predicted octanol–water partition coefficient (Wildman–Crippen LogP) is 2.27. The van der Waals surface area contributed by atoms with E-state index in [4.69, 9.17) is 4.74 Å². The van der Waals surface area contributed by atoms with Crippen molar-refractivity contribution in [2.75, 3.05) is 17.2 Å². The molecule has 7 heteroatoms. The van der Waals surface area contributed by atoms with Crippen LogP contribution in [0.1, 0.15) is 20.8 Å². The van der Waals surface area contributed by atoms with E-state index >= 15 is 0 Å². The Kier molecular flexibility index (Phi) is 6.32. The molecule has 0 aliphatic rings. The molecule has 3 amide bonds. The van der Waals surface area contributed by atoms with E-state index in [2.05, 4.69) is 22.5 Å². The van der Waals surface area contributed by atoms with Crippen molar-refractivity contribution in [1.29, 1.82) is 0 Å². The quantitative estimate of drug-likeness (QED) is 0.725. The molecule has 0 fully saturated rings. The van der Waals surface area contributed by atoms with Crippen molar-refractivity contribution in [1.82, 2.24) is 5.32 Å². The van der Waals surface area contributed by atoms with Gasteiger partial charge >= 0.3 is 6.09 Å². The molecule has 1 aromatic rings. The molecule has 0 aromatic heterocycles. The second-order valence-electron chi connectivity index (χ2n) is 5.67. The fourth-order valence-corrected chi connectivity index (χ4v) is 1.50. The SMILES string of the molecule is C=CC(=O)Nc1ccc(NC(=O)CNC(=O)OC(C)(C)C)cc1. The fraction of sp³-hybridized carbons (Fsp3) is 0.312. The summed E-state index contributed by atoms with van der Waals surface area (Å²) in [4.78, 5) is 34.3. The number of amides is 3. The summed E-state index contributed by atoms with van der Waals surface area (Å²) in [6.45, 7) is 8.36. The summed E-state index contributed by atoms with van der Waals surface area (Å²) in [5.74, 6) is -0.706. The summed E-state index contributed by atoms with van der Waals surface area (Å²) in [5, 5.41) is 7.57. The number of ether oxygens (including phenoxy) is 1. The molecular weight excluding hydrogens is 298 g/mol. The zero-order chi connectivity index (χ0) is 17.5. The minimum absolute atomic E-state index is 0.204. The van der Waals surface area contributed by atoms with Crippen LogP contribution in [0.3, 0.4) is 0 Å². The van der Waals surface area contributed by atoms with Crippen LogP contribution < -0.4 is 16.0 Å². The molecule has 124 valence electrons. The molecule has 0 aliphatic carbocycles. The van der Waals surface area contributed by atoms with Crippen LogP contribution in [0.15, 0.2) is 36.9 Å². The highest BCUT2D eigenvalue weighted by Gasteiger charge is 2.16. The van der Waals surface area contributed by atoms with Gasteiger partial charge in [-0.25, -0.2) is 4.79 Å². The highest BCUT2D eigenvalue weighted by Crippen LogP contribution is 2.13. The number of rotatable bonds is 5. The van der Waals surface area contributed by atoms with E-state index in [9.17, 15) is 14.4 Å². The van der Waals surface area contributed by atoms with Gasteiger partial charge in [-0.2, -0.15) is 0 Å². The lowest BCUT2D eigenvalue weighted by Crippen LogP contribution is -2.37. The average Bonchev–Trinajstić information content (AvgIpc) is 2.45. The number of alkyl carbamates (subject to hydrolysis) is 1. The number of nitrogens with one attached hydrogen (secondary N) is 3. The van der Waals surface area contributed by atoms with Crippen LogP contribution in [-0.2, 0) is 14.3 Å². The summed E-state index contributed by atoms with van der Waals surface area (Å²) >= 11 is 0. The van der Waals surface area contributed by atoms with E-state index in [-0.39, 0.29) is 12.5 Å². The summed E-state index contributed by atoms with van der Waals surface area (Å²) in [6.07, 6.45) is 0.507. The molecule has 0 unspecified atom stereocenters. The molecule has 7 nitrogen and oxygen atoms in total. The summed E-state index contributed by atoms with van der Waals surface area (Å²) < 4.78 is 5.02. The molecule has 3 N–H and O–H groups in total. The standard InChI is InChI=1S/C16H21N3O4/c1-5-13(20)18-11-6-8-12(9-7-11)19-14(21)10-17-15(22)23-16(2,3)4/h5-9H,1,10H2,2-4H3,(H,17,22)(H,18,20)(H,19,21). The van der Waals surface area contributed by atoms with Crippen LogP contribution in [0.25, 0.3) is 0 Å². The van der Waals surface area contributed by atoms with Gasteiger partial charge in [0, 0.05) is 11.4 Å². The number of hydrogen-bond donors (Lipinski definition) is 3. The van der Waals surface area contributed by atoms with E-state index in [0.29, 0.717) is 11.4 Å². The van der Waals surface area contributed by atoms with E-state index in [0.717, 1.165) is 6.08 Å². The number of hydrogen-bond acceptors (Lipinski definition) is 4. The fourth-order valence-electron chi connectivity index (χ4n) is 1.50. The predicted molar refractivity (Wildman–Crippen MR) is 88.1 cm³/mol. The smallest absolute Gasteiger partial charge is 0.408 e. The summed E-state index contributed by atoms with van der Waals surface area (Å²) in [6, 6.07) is 6.53. The zero-order valence-electron chi connectivity index (χ0n) is 13.4. The molecule has 0 saturated carbocycles. The van der Waals surface area contributed by atoms with Crippen LogP contribution in [0.2, 0.25) is 0 Å². The van der Waals surface area contributed by atoms with Crippen LogP contribution >= 0.6 is 0 Å². The molecule has 0 saturated heterocycles. The van der Waals surface area contributed by atoms with E-state index in [1.54, 1.807) is 45.0 Å². The monoisotopic (exact) mass is 319 g/mol. The minimum atomic E-state index is -0.657. The van der Waals surface area contributed by atoms with Crippen LogP contribution in [0, 0.1) is 0 Å². The van der Waals surface area contributed by atoms with Gasteiger partial charge in [0.25, 0.3) is 0 Å². The lowest BCUT2D eigenvalue weighted by Gasteiger charge is -2.19. The Bertz CT molecular complexity index is 588. The molecule has 0 spiro atoms. The molecular formula is C16H21N3O4. The molecule has 0 aliphatic heterocycles. The van der Waals surface area contributed by atoms with Crippen LogP contribution in [-0.4, -0.2) is 30.1 Å².